The Morgan fingerprint density at radius 1 is 1.05 bits per heavy atom. The van der Waals surface area contributed by atoms with Crippen LogP contribution in [0.25, 0.3) is 11.0 Å². The molecule has 0 fully saturated rings. The molecule has 0 aliphatic heterocycles. The molecule has 0 aliphatic rings. The van der Waals surface area contributed by atoms with E-state index in [4.69, 9.17) is 11.6 Å². The minimum atomic E-state index is -0.215. The predicted octanol–water partition coefficient (Wildman–Crippen LogP) is 3.13. The molecule has 19 heavy (non-hydrogen) atoms. The van der Waals surface area contributed by atoms with Crippen LogP contribution in [0.2, 0.25) is 5.02 Å². The quantitative estimate of drug-likeness (QED) is 0.779. The number of amides is 1. The van der Waals surface area contributed by atoms with Gasteiger partial charge in [0.1, 0.15) is 11.0 Å². The summed E-state index contributed by atoms with van der Waals surface area (Å²) < 4.78 is 4.60. The third-order valence-electron chi connectivity index (χ3n) is 2.62. The fourth-order valence-electron chi connectivity index (χ4n) is 1.66. The number of hydrogen-bond acceptors (Lipinski definition) is 4. The molecule has 0 radical (unpaired) electrons. The van der Waals surface area contributed by atoms with Crippen LogP contribution >= 0.6 is 11.6 Å². The van der Waals surface area contributed by atoms with Crippen LogP contribution in [-0.2, 0) is 0 Å². The molecule has 1 aromatic heterocycles. The summed E-state index contributed by atoms with van der Waals surface area (Å²) in [5.41, 5.74) is 2.39. The number of hydrogen-bond donors (Lipinski definition) is 1. The Labute approximate surface area is 113 Å². The Bertz CT molecular complexity index is 737. The molecule has 5 nitrogen and oxygen atoms in total. The van der Waals surface area contributed by atoms with E-state index in [0.29, 0.717) is 27.3 Å². The van der Waals surface area contributed by atoms with E-state index < -0.39 is 0 Å². The number of aromatic nitrogens is 2. The Morgan fingerprint density at radius 2 is 1.79 bits per heavy atom. The molecule has 0 spiro atoms. The minimum absolute atomic E-state index is 0.215. The van der Waals surface area contributed by atoms with Crippen molar-refractivity contribution in [2.75, 3.05) is 5.32 Å². The molecule has 0 saturated carbocycles. The van der Waals surface area contributed by atoms with Crippen molar-refractivity contribution in [3.8, 4) is 0 Å². The average Bonchev–Trinajstić information content (AvgIpc) is 2.87. The van der Waals surface area contributed by atoms with Crippen molar-refractivity contribution in [2.45, 2.75) is 0 Å². The van der Waals surface area contributed by atoms with Crippen LogP contribution in [0.3, 0.4) is 0 Å². The summed E-state index contributed by atoms with van der Waals surface area (Å²) in [6.07, 6.45) is 0. The number of benzene rings is 2. The highest BCUT2D eigenvalue weighted by Crippen LogP contribution is 2.17. The van der Waals surface area contributed by atoms with E-state index in [9.17, 15) is 4.79 Å². The van der Waals surface area contributed by atoms with Crippen LogP contribution in [-0.4, -0.2) is 16.2 Å². The van der Waals surface area contributed by atoms with Crippen molar-refractivity contribution in [1.82, 2.24) is 10.3 Å². The summed E-state index contributed by atoms with van der Waals surface area (Å²) in [5, 5.41) is 10.8. The number of anilines is 1. The number of nitrogens with one attached hydrogen (secondary N) is 1. The second-order valence-electron chi connectivity index (χ2n) is 3.93. The van der Waals surface area contributed by atoms with E-state index in [-0.39, 0.29) is 5.91 Å². The molecule has 3 rings (SSSR count). The lowest BCUT2D eigenvalue weighted by Crippen LogP contribution is -2.11. The first-order valence-corrected chi connectivity index (χ1v) is 5.89. The highest BCUT2D eigenvalue weighted by molar-refractivity contribution is 6.30. The summed E-state index contributed by atoms with van der Waals surface area (Å²) >= 11 is 5.77. The summed E-state index contributed by atoms with van der Waals surface area (Å²) in [4.78, 5) is 12.0. The molecule has 0 aliphatic carbocycles. The molecule has 1 heterocycles. The van der Waals surface area contributed by atoms with Crippen molar-refractivity contribution < 1.29 is 9.42 Å². The van der Waals surface area contributed by atoms with Crippen LogP contribution in [0.15, 0.2) is 47.1 Å². The van der Waals surface area contributed by atoms with Crippen LogP contribution in [0, 0.1) is 0 Å². The number of rotatable bonds is 2. The molecule has 2 aromatic carbocycles. The van der Waals surface area contributed by atoms with Crippen molar-refractivity contribution >= 4 is 34.2 Å². The van der Waals surface area contributed by atoms with E-state index in [1.165, 1.54) is 0 Å². The van der Waals surface area contributed by atoms with E-state index in [0.717, 1.165) is 0 Å². The van der Waals surface area contributed by atoms with Gasteiger partial charge in [0.05, 0.1) is 0 Å². The van der Waals surface area contributed by atoms with Crippen LogP contribution in [0.1, 0.15) is 10.4 Å². The van der Waals surface area contributed by atoms with Gasteiger partial charge in [-0.2, -0.15) is 0 Å². The van der Waals surface area contributed by atoms with Crippen molar-refractivity contribution in [2.24, 2.45) is 0 Å². The normalized spacial score (nSPS) is 10.6. The first-order valence-electron chi connectivity index (χ1n) is 5.51. The van der Waals surface area contributed by atoms with Gasteiger partial charge in [-0.05, 0) is 52.8 Å². The summed E-state index contributed by atoms with van der Waals surface area (Å²) in [7, 11) is 0. The largest absolute Gasteiger partial charge is 0.322 e. The zero-order valence-electron chi connectivity index (χ0n) is 9.63. The van der Waals surface area contributed by atoms with Gasteiger partial charge in [0, 0.05) is 16.3 Å². The molecule has 3 aromatic rings. The minimum Gasteiger partial charge on any atom is -0.322 e. The number of fused-ring (bicyclic) bond motifs is 1. The van der Waals surface area contributed by atoms with E-state index >= 15 is 0 Å². The smallest absolute Gasteiger partial charge is 0.255 e. The zero-order valence-corrected chi connectivity index (χ0v) is 10.4. The number of carbonyl (C=O) groups excluding carboxylic acids is 1. The zero-order chi connectivity index (χ0) is 13.2. The standard InChI is InChI=1S/C13H8ClN3O2/c14-9-3-1-8(2-4-9)13(18)15-10-5-6-11-12(7-10)17-19-16-11/h1-7H,(H,15,18). The summed E-state index contributed by atoms with van der Waals surface area (Å²) in [6, 6.07) is 11.8. The van der Waals surface area contributed by atoms with E-state index in [1.807, 2.05) is 0 Å². The lowest BCUT2D eigenvalue weighted by Gasteiger charge is -2.04. The molecule has 6 heteroatoms. The lowest BCUT2D eigenvalue weighted by molar-refractivity contribution is 0.102. The molecular formula is C13H8ClN3O2. The molecule has 94 valence electrons. The Hall–Kier alpha value is -2.40. The Morgan fingerprint density at radius 3 is 2.58 bits per heavy atom. The monoisotopic (exact) mass is 273 g/mol. The molecular weight excluding hydrogens is 266 g/mol. The van der Waals surface area contributed by atoms with Crippen LogP contribution in [0.5, 0.6) is 0 Å². The molecule has 1 amide bonds. The highest BCUT2D eigenvalue weighted by Gasteiger charge is 2.07. The second kappa shape index (κ2) is 4.70. The molecule has 0 unspecified atom stereocenters. The van der Waals surface area contributed by atoms with Gasteiger partial charge in [0.15, 0.2) is 0 Å². The topological polar surface area (TPSA) is 68.0 Å². The van der Waals surface area contributed by atoms with Gasteiger partial charge < -0.3 is 5.32 Å². The lowest BCUT2D eigenvalue weighted by atomic mass is 10.2. The average molecular weight is 274 g/mol. The highest BCUT2D eigenvalue weighted by atomic mass is 35.5. The van der Waals surface area contributed by atoms with Gasteiger partial charge in [0.2, 0.25) is 0 Å². The Balaban J connectivity index is 1.83. The first kappa shape index (κ1) is 11.7. The summed E-state index contributed by atoms with van der Waals surface area (Å²) in [6.45, 7) is 0. The Kier molecular flexibility index (Phi) is 2.89. The van der Waals surface area contributed by atoms with Gasteiger partial charge in [-0.3, -0.25) is 4.79 Å². The fraction of sp³-hybridized carbons (Fsp3) is 0. The molecule has 0 saturated heterocycles. The first-order chi connectivity index (χ1) is 9.22. The van der Waals surface area contributed by atoms with Gasteiger partial charge in [-0.25, -0.2) is 4.63 Å². The maximum atomic E-state index is 12.0. The third-order valence-corrected chi connectivity index (χ3v) is 2.87. The fourth-order valence-corrected chi connectivity index (χ4v) is 1.79. The number of nitrogens with zero attached hydrogens (tertiary/aromatic N) is 2. The molecule has 0 bridgehead atoms. The van der Waals surface area contributed by atoms with Crippen molar-refractivity contribution in [3.05, 3.63) is 53.1 Å². The van der Waals surface area contributed by atoms with Gasteiger partial charge >= 0.3 is 0 Å². The van der Waals surface area contributed by atoms with Gasteiger partial charge in [0.25, 0.3) is 5.91 Å². The molecule has 1 N–H and O–H groups in total. The maximum Gasteiger partial charge on any atom is 0.255 e. The third kappa shape index (κ3) is 2.41. The van der Waals surface area contributed by atoms with Gasteiger partial charge in [-0.15, -0.1) is 0 Å². The van der Waals surface area contributed by atoms with Crippen LogP contribution in [0.4, 0.5) is 5.69 Å². The predicted molar refractivity (Wildman–Crippen MR) is 71.2 cm³/mol. The maximum absolute atomic E-state index is 12.0. The number of carbonyl (C=O) groups is 1. The van der Waals surface area contributed by atoms with Crippen molar-refractivity contribution in [1.29, 1.82) is 0 Å². The van der Waals surface area contributed by atoms with Gasteiger partial charge in [-0.1, -0.05) is 11.6 Å². The molecule has 0 atom stereocenters. The van der Waals surface area contributed by atoms with E-state index in [1.54, 1.807) is 42.5 Å². The van der Waals surface area contributed by atoms with Crippen LogP contribution < -0.4 is 5.32 Å². The SMILES string of the molecule is O=C(Nc1ccc2nonc2c1)c1ccc(Cl)cc1. The summed E-state index contributed by atoms with van der Waals surface area (Å²) in [5.74, 6) is -0.215. The van der Waals surface area contributed by atoms with Crippen molar-refractivity contribution in [3.63, 3.8) is 0 Å². The van der Waals surface area contributed by atoms with E-state index in [2.05, 4.69) is 20.3 Å². The number of halogens is 1. The second-order valence-corrected chi connectivity index (χ2v) is 4.37.